The summed E-state index contributed by atoms with van der Waals surface area (Å²) in [6, 6.07) is 11.6. The second kappa shape index (κ2) is 7.53. The summed E-state index contributed by atoms with van der Waals surface area (Å²) in [5, 5.41) is 4.27. The first kappa shape index (κ1) is 18.5. The van der Waals surface area contributed by atoms with Crippen LogP contribution in [0.2, 0.25) is 0 Å². The first-order valence-corrected chi connectivity index (χ1v) is 8.53. The third kappa shape index (κ3) is 3.79. The summed E-state index contributed by atoms with van der Waals surface area (Å²) in [6.07, 6.45) is 1.59. The number of halogens is 1. The van der Waals surface area contributed by atoms with E-state index in [4.69, 9.17) is 0 Å². The molecular formula is C21H20FN3O2. The van der Waals surface area contributed by atoms with Gasteiger partial charge in [0.2, 0.25) is 5.43 Å². The fourth-order valence-electron chi connectivity index (χ4n) is 2.93. The highest BCUT2D eigenvalue weighted by molar-refractivity contribution is 5.95. The molecule has 27 heavy (non-hydrogen) atoms. The fraction of sp³-hybridized carbons (Fsp3) is 0.190. The number of rotatable bonds is 5. The van der Waals surface area contributed by atoms with E-state index in [0.717, 1.165) is 17.2 Å². The highest BCUT2D eigenvalue weighted by Crippen LogP contribution is 2.13. The largest absolute Gasteiger partial charge is 0.329 e. The van der Waals surface area contributed by atoms with Crippen molar-refractivity contribution in [3.63, 3.8) is 0 Å². The van der Waals surface area contributed by atoms with Crippen LogP contribution in [0.15, 0.2) is 59.9 Å². The number of hydrogen-bond acceptors (Lipinski definition) is 3. The number of carbonyl (C=O) groups is 1. The van der Waals surface area contributed by atoms with Crippen molar-refractivity contribution in [3.8, 4) is 0 Å². The molecule has 0 aliphatic carbocycles. The zero-order valence-electron chi connectivity index (χ0n) is 15.3. The molecule has 138 valence electrons. The van der Waals surface area contributed by atoms with Crippen LogP contribution >= 0.6 is 0 Å². The van der Waals surface area contributed by atoms with Gasteiger partial charge in [-0.1, -0.05) is 35.9 Å². The van der Waals surface area contributed by atoms with Crippen LogP contribution in [0, 0.1) is 12.7 Å². The third-order valence-electron chi connectivity index (χ3n) is 4.35. The van der Waals surface area contributed by atoms with E-state index in [-0.39, 0.29) is 17.6 Å². The molecule has 1 amide bonds. The quantitative estimate of drug-likeness (QED) is 0.653. The standard InChI is InChI=1S/C21H20FN3O2/c1-4-11-25(13-15-7-5-14(2)6-8-15)21(27)19-20(26)17-12-16(22)9-10-18(17)24(3)23-19/h4-10,12H,1,11,13H2,2-3H3. The molecule has 0 fully saturated rings. The van der Waals surface area contributed by atoms with Crippen molar-refractivity contribution in [2.24, 2.45) is 7.05 Å². The lowest BCUT2D eigenvalue weighted by Gasteiger charge is -2.21. The molecule has 5 nitrogen and oxygen atoms in total. The first-order chi connectivity index (χ1) is 12.9. The summed E-state index contributed by atoms with van der Waals surface area (Å²) in [7, 11) is 1.62. The van der Waals surface area contributed by atoms with Gasteiger partial charge in [0, 0.05) is 20.1 Å². The van der Waals surface area contributed by atoms with Crippen molar-refractivity contribution in [2.75, 3.05) is 6.54 Å². The molecule has 0 radical (unpaired) electrons. The molecule has 0 atom stereocenters. The van der Waals surface area contributed by atoms with E-state index in [1.165, 1.54) is 21.7 Å². The monoisotopic (exact) mass is 365 g/mol. The molecule has 0 saturated heterocycles. The average Bonchev–Trinajstić information content (AvgIpc) is 2.65. The molecule has 0 spiro atoms. The highest BCUT2D eigenvalue weighted by atomic mass is 19.1. The fourth-order valence-corrected chi connectivity index (χ4v) is 2.93. The molecule has 0 aliphatic rings. The number of aryl methyl sites for hydroxylation is 2. The lowest BCUT2D eigenvalue weighted by atomic mass is 10.1. The maximum atomic E-state index is 13.6. The normalized spacial score (nSPS) is 10.8. The summed E-state index contributed by atoms with van der Waals surface area (Å²) in [5.74, 6) is -1.05. The second-order valence-electron chi connectivity index (χ2n) is 6.42. The SMILES string of the molecule is C=CCN(Cc1ccc(C)cc1)C(=O)c1nn(C)c2ccc(F)cc2c1=O. The van der Waals surface area contributed by atoms with Gasteiger partial charge in [0.05, 0.1) is 10.9 Å². The molecule has 3 aromatic rings. The molecular weight excluding hydrogens is 345 g/mol. The number of hydrogen-bond donors (Lipinski definition) is 0. The van der Waals surface area contributed by atoms with Gasteiger partial charge in [-0.25, -0.2) is 4.39 Å². The van der Waals surface area contributed by atoms with E-state index in [1.54, 1.807) is 13.1 Å². The van der Waals surface area contributed by atoms with Crippen molar-refractivity contribution < 1.29 is 9.18 Å². The number of aromatic nitrogens is 2. The van der Waals surface area contributed by atoms with Gasteiger partial charge < -0.3 is 4.90 Å². The van der Waals surface area contributed by atoms with Crippen LogP contribution in [0.4, 0.5) is 4.39 Å². The number of benzene rings is 2. The molecule has 0 aliphatic heterocycles. The number of nitrogens with zero attached hydrogens (tertiary/aromatic N) is 3. The Morgan fingerprint density at radius 2 is 1.96 bits per heavy atom. The molecule has 0 N–H and O–H groups in total. The van der Waals surface area contributed by atoms with Crippen molar-refractivity contribution in [3.05, 3.63) is 88.0 Å². The third-order valence-corrected chi connectivity index (χ3v) is 4.35. The minimum atomic E-state index is -0.578. The minimum Gasteiger partial charge on any atom is -0.329 e. The van der Waals surface area contributed by atoms with E-state index >= 15 is 0 Å². The molecule has 0 bridgehead atoms. The van der Waals surface area contributed by atoms with Crippen LogP contribution < -0.4 is 5.43 Å². The lowest BCUT2D eigenvalue weighted by molar-refractivity contribution is 0.0753. The van der Waals surface area contributed by atoms with Gasteiger partial charge in [-0.05, 0) is 30.7 Å². The van der Waals surface area contributed by atoms with Crippen molar-refractivity contribution >= 4 is 16.8 Å². The Hall–Kier alpha value is -3.28. The van der Waals surface area contributed by atoms with Gasteiger partial charge in [-0.15, -0.1) is 6.58 Å². The maximum Gasteiger partial charge on any atom is 0.278 e. The lowest BCUT2D eigenvalue weighted by Crippen LogP contribution is -2.36. The number of amides is 1. The Labute approximate surface area is 156 Å². The topological polar surface area (TPSA) is 55.2 Å². The Morgan fingerprint density at radius 1 is 1.26 bits per heavy atom. The zero-order chi connectivity index (χ0) is 19.6. The van der Waals surface area contributed by atoms with Gasteiger partial charge in [0.25, 0.3) is 5.91 Å². The molecule has 0 unspecified atom stereocenters. The summed E-state index contributed by atoms with van der Waals surface area (Å²) in [5.41, 5.74) is 1.70. The predicted molar refractivity (Wildman–Crippen MR) is 103 cm³/mol. The maximum absolute atomic E-state index is 13.6. The Morgan fingerprint density at radius 3 is 2.63 bits per heavy atom. The summed E-state index contributed by atoms with van der Waals surface area (Å²) < 4.78 is 15.0. The molecule has 3 rings (SSSR count). The van der Waals surface area contributed by atoms with Gasteiger partial charge in [-0.3, -0.25) is 14.3 Å². The molecule has 0 saturated carbocycles. The van der Waals surface area contributed by atoms with Crippen LogP contribution in [0.25, 0.3) is 10.9 Å². The predicted octanol–water partition coefficient (Wildman–Crippen LogP) is 3.21. The van der Waals surface area contributed by atoms with Crippen LogP contribution in [0.3, 0.4) is 0 Å². The zero-order valence-corrected chi connectivity index (χ0v) is 15.3. The van der Waals surface area contributed by atoms with Crippen LogP contribution in [-0.4, -0.2) is 27.1 Å². The van der Waals surface area contributed by atoms with Crippen molar-refractivity contribution in [1.82, 2.24) is 14.7 Å². The van der Waals surface area contributed by atoms with E-state index < -0.39 is 17.2 Å². The van der Waals surface area contributed by atoms with Crippen LogP contribution in [0.1, 0.15) is 21.6 Å². The van der Waals surface area contributed by atoms with E-state index in [0.29, 0.717) is 12.1 Å². The van der Waals surface area contributed by atoms with E-state index in [2.05, 4.69) is 11.7 Å². The molecule has 1 heterocycles. The van der Waals surface area contributed by atoms with E-state index in [1.807, 2.05) is 31.2 Å². The second-order valence-corrected chi connectivity index (χ2v) is 6.42. The Balaban J connectivity index is 2.03. The first-order valence-electron chi connectivity index (χ1n) is 8.53. The summed E-state index contributed by atoms with van der Waals surface area (Å²) in [4.78, 5) is 27.3. The number of carbonyl (C=O) groups excluding carboxylic acids is 1. The van der Waals surface area contributed by atoms with Gasteiger partial charge >= 0.3 is 0 Å². The van der Waals surface area contributed by atoms with Gasteiger partial charge in [-0.2, -0.15) is 5.10 Å². The van der Waals surface area contributed by atoms with Gasteiger partial charge in [0.1, 0.15) is 5.82 Å². The Bertz CT molecular complexity index is 1070. The van der Waals surface area contributed by atoms with Gasteiger partial charge in [0.15, 0.2) is 5.69 Å². The summed E-state index contributed by atoms with van der Waals surface area (Å²) >= 11 is 0. The van der Waals surface area contributed by atoms with E-state index in [9.17, 15) is 14.0 Å². The van der Waals surface area contributed by atoms with Crippen LogP contribution in [0.5, 0.6) is 0 Å². The summed E-state index contributed by atoms with van der Waals surface area (Å²) in [6.45, 7) is 6.25. The smallest absolute Gasteiger partial charge is 0.278 e. The molecule has 6 heteroatoms. The minimum absolute atomic E-state index is 0.129. The molecule has 2 aromatic carbocycles. The van der Waals surface area contributed by atoms with Crippen molar-refractivity contribution in [1.29, 1.82) is 0 Å². The Kier molecular flexibility index (Phi) is 5.16. The molecule has 1 aromatic heterocycles. The van der Waals surface area contributed by atoms with Crippen LogP contribution in [-0.2, 0) is 13.6 Å². The van der Waals surface area contributed by atoms with Crippen molar-refractivity contribution in [2.45, 2.75) is 13.5 Å². The average molecular weight is 365 g/mol. The highest BCUT2D eigenvalue weighted by Gasteiger charge is 2.22. The number of fused-ring (bicyclic) bond motifs is 1.